The summed E-state index contributed by atoms with van der Waals surface area (Å²) in [6.45, 7) is 1.58. The lowest BCUT2D eigenvalue weighted by Crippen LogP contribution is -2.05. The van der Waals surface area contributed by atoms with Crippen molar-refractivity contribution in [3.63, 3.8) is 0 Å². The van der Waals surface area contributed by atoms with Crippen molar-refractivity contribution in [2.45, 2.75) is 13.5 Å². The molecule has 0 N–H and O–H groups in total. The fourth-order valence-electron chi connectivity index (χ4n) is 1.85. The van der Waals surface area contributed by atoms with E-state index in [1.54, 1.807) is 41.1 Å². The molecule has 0 aliphatic rings. The smallest absolute Gasteiger partial charge is 0.331 e. The Morgan fingerprint density at radius 1 is 1.38 bits per heavy atom. The number of hydrogen-bond acceptors (Lipinski definition) is 5. The SMILES string of the molecule is CC(=O)O/N=C/c1cccn1Cc1ccccc1[N+](=O)[O-]. The van der Waals surface area contributed by atoms with Gasteiger partial charge in [-0.2, -0.15) is 0 Å². The molecule has 7 heteroatoms. The van der Waals surface area contributed by atoms with Crippen molar-refractivity contribution in [2.24, 2.45) is 5.16 Å². The molecule has 108 valence electrons. The van der Waals surface area contributed by atoms with E-state index in [1.807, 2.05) is 0 Å². The molecule has 1 aromatic carbocycles. The van der Waals surface area contributed by atoms with Crippen molar-refractivity contribution >= 4 is 17.9 Å². The van der Waals surface area contributed by atoms with E-state index in [4.69, 9.17) is 0 Å². The predicted octanol–water partition coefficient (Wildman–Crippen LogP) is 2.34. The first kappa shape index (κ1) is 14.4. The van der Waals surface area contributed by atoms with Crippen LogP contribution in [0.2, 0.25) is 0 Å². The van der Waals surface area contributed by atoms with E-state index in [2.05, 4.69) is 9.99 Å². The summed E-state index contributed by atoms with van der Waals surface area (Å²) in [7, 11) is 0. The molecule has 1 heterocycles. The molecular weight excluding hydrogens is 274 g/mol. The molecule has 21 heavy (non-hydrogen) atoms. The molecule has 0 amide bonds. The number of benzene rings is 1. The minimum atomic E-state index is -0.511. The summed E-state index contributed by atoms with van der Waals surface area (Å²) in [5, 5.41) is 14.5. The summed E-state index contributed by atoms with van der Waals surface area (Å²) in [5.74, 6) is -0.511. The second-order valence-electron chi connectivity index (χ2n) is 4.26. The van der Waals surface area contributed by atoms with Gasteiger partial charge < -0.3 is 9.40 Å². The van der Waals surface area contributed by atoms with Crippen LogP contribution in [0.1, 0.15) is 18.2 Å². The predicted molar refractivity (Wildman–Crippen MR) is 76.0 cm³/mol. The van der Waals surface area contributed by atoms with E-state index in [-0.39, 0.29) is 5.69 Å². The van der Waals surface area contributed by atoms with Gasteiger partial charge in [-0.1, -0.05) is 23.4 Å². The van der Waals surface area contributed by atoms with Crippen molar-refractivity contribution in [3.05, 3.63) is 64.0 Å². The molecule has 0 saturated carbocycles. The molecule has 0 aliphatic heterocycles. The molecule has 0 atom stereocenters. The second-order valence-corrected chi connectivity index (χ2v) is 4.26. The van der Waals surface area contributed by atoms with Crippen LogP contribution in [0.25, 0.3) is 0 Å². The largest absolute Gasteiger partial charge is 0.342 e. The summed E-state index contributed by atoms with van der Waals surface area (Å²) in [5.41, 5.74) is 1.32. The maximum atomic E-state index is 11.0. The highest BCUT2D eigenvalue weighted by Crippen LogP contribution is 2.19. The van der Waals surface area contributed by atoms with Crippen LogP contribution in [0.4, 0.5) is 5.69 Å². The highest BCUT2D eigenvalue weighted by molar-refractivity contribution is 5.78. The Kier molecular flexibility index (Phi) is 4.45. The lowest BCUT2D eigenvalue weighted by atomic mass is 10.2. The Labute approximate surface area is 120 Å². The molecule has 0 bridgehead atoms. The molecule has 0 aliphatic carbocycles. The van der Waals surface area contributed by atoms with Crippen LogP contribution in [0.15, 0.2) is 47.8 Å². The topological polar surface area (TPSA) is 86.7 Å². The Balaban J connectivity index is 2.22. The standard InChI is InChI=1S/C14H13N3O4/c1-11(18)21-15-9-13-6-4-8-16(13)10-12-5-2-3-7-14(12)17(19)20/h2-9H,10H2,1H3/b15-9+. The van der Waals surface area contributed by atoms with Gasteiger partial charge in [0.15, 0.2) is 0 Å². The second kappa shape index (κ2) is 6.47. The van der Waals surface area contributed by atoms with Crippen molar-refractivity contribution in [1.82, 2.24) is 4.57 Å². The first-order valence-corrected chi connectivity index (χ1v) is 6.16. The fourth-order valence-corrected chi connectivity index (χ4v) is 1.85. The van der Waals surface area contributed by atoms with E-state index in [1.165, 1.54) is 19.2 Å². The first-order valence-electron chi connectivity index (χ1n) is 6.16. The van der Waals surface area contributed by atoms with Gasteiger partial charge in [-0.05, 0) is 12.1 Å². The number of hydrogen-bond donors (Lipinski definition) is 0. The lowest BCUT2D eigenvalue weighted by molar-refractivity contribution is -0.385. The molecule has 0 radical (unpaired) electrons. The molecule has 0 fully saturated rings. The van der Waals surface area contributed by atoms with Crippen LogP contribution < -0.4 is 0 Å². The van der Waals surface area contributed by atoms with E-state index in [0.29, 0.717) is 17.8 Å². The molecule has 0 saturated heterocycles. The van der Waals surface area contributed by atoms with Gasteiger partial charge in [-0.3, -0.25) is 10.1 Å². The highest BCUT2D eigenvalue weighted by atomic mass is 16.7. The first-order chi connectivity index (χ1) is 10.1. The van der Waals surface area contributed by atoms with Gasteiger partial charge in [0.1, 0.15) is 0 Å². The van der Waals surface area contributed by atoms with Gasteiger partial charge in [0.25, 0.3) is 5.69 Å². The number of carbonyl (C=O) groups excluding carboxylic acids is 1. The van der Waals surface area contributed by atoms with Crippen LogP contribution in [0, 0.1) is 10.1 Å². The Bertz CT molecular complexity index is 691. The summed E-state index contributed by atoms with van der Waals surface area (Å²) in [6, 6.07) is 10.1. The third kappa shape index (κ3) is 3.75. The van der Waals surface area contributed by atoms with Crippen molar-refractivity contribution in [2.75, 3.05) is 0 Å². The van der Waals surface area contributed by atoms with Gasteiger partial charge in [0, 0.05) is 24.8 Å². The number of para-hydroxylation sites is 1. The van der Waals surface area contributed by atoms with E-state index in [0.717, 1.165) is 0 Å². The van der Waals surface area contributed by atoms with Gasteiger partial charge in [-0.15, -0.1) is 0 Å². The number of oxime groups is 1. The van der Waals surface area contributed by atoms with E-state index < -0.39 is 10.9 Å². The Hall–Kier alpha value is -2.96. The third-order valence-corrected chi connectivity index (χ3v) is 2.76. The summed E-state index contributed by atoms with van der Waals surface area (Å²) < 4.78 is 1.77. The molecule has 2 aromatic rings. The number of aromatic nitrogens is 1. The molecule has 0 spiro atoms. The van der Waals surface area contributed by atoms with Crippen LogP contribution in [0.3, 0.4) is 0 Å². The van der Waals surface area contributed by atoms with Gasteiger partial charge >= 0.3 is 5.97 Å². The van der Waals surface area contributed by atoms with Gasteiger partial charge in [0.05, 0.1) is 23.4 Å². The van der Waals surface area contributed by atoms with Crippen LogP contribution in [-0.2, 0) is 16.2 Å². The normalized spacial score (nSPS) is 10.7. The minimum absolute atomic E-state index is 0.0640. The fraction of sp³-hybridized carbons (Fsp3) is 0.143. The zero-order valence-electron chi connectivity index (χ0n) is 11.3. The maximum absolute atomic E-state index is 11.0. The Morgan fingerprint density at radius 2 is 2.14 bits per heavy atom. The summed E-state index contributed by atoms with van der Waals surface area (Å²) >= 11 is 0. The number of nitro groups is 1. The third-order valence-electron chi connectivity index (χ3n) is 2.76. The average molecular weight is 287 g/mol. The maximum Gasteiger partial charge on any atom is 0.331 e. The number of carbonyl (C=O) groups is 1. The lowest BCUT2D eigenvalue weighted by Gasteiger charge is -2.06. The van der Waals surface area contributed by atoms with Gasteiger partial charge in [-0.25, -0.2) is 4.79 Å². The molecular formula is C14H13N3O4. The number of rotatable bonds is 5. The zero-order valence-corrected chi connectivity index (χ0v) is 11.3. The van der Waals surface area contributed by atoms with E-state index in [9.17, 15) is 14.9 Å². The van der Waals surface area contributed by atoms with Crippen LogP contribution >= 0.6 is 0 Å². The monoisotopic (exact) mass is 287 g/mol. The van der Waals surface area contributed by atoms with Crippen molar-refractivity contribution in [1.29, 1.82) is 0 Å². The molecule has 0 unspecified atom stereocenters. The molecule has 7 nitrogen and oxygen atoms in total. The average Bonchev–Trinajstić information content (AvgIpc) is 2.86. The van der Waals surface area contributed by atoms with E-state index >= 15 is 0 Å². The van der Waals surface area contributed by atoms with Crippen molar-refractivity contribution < 1.29 is 14.6 Å². The summed E-state index contributed by atoms with van der Waals surface area (Å²) in [4.78, 5) is 25.7. The minimum Gasteiger partial charge on any atom is -0.342 e. The van der Waals surface area contributed by atoms with Gasteiger partial charge in [0.2, 0.25) is 0 Å². The zero-order chi connectivity index (χ0) is 15.2. The number of nitrogens with zero attached hydrogens (tertiary/aromatic N) is 3. The number of nitro benzene ring substituents is 1. The van der Waals surface area contributed by atoms with Crippen LogP contribution in [0.5, 0.6) is 0 Å². The van der Waals surface area contributed by atoms with Crippen molar-refractivity contribution in [3.8, 4) is 0 Å². The molecule has 1 aromatic heterocycles. The molecule has 2 rings (SSSR count). The highest BCUT2D eigenvalue weighted by Gasteiger charge is 2.13. The Morgan fingerprint density at radius 3 is 2.86 bits per heavy atom. The quantitative estimate of drug-likeness (QED) is 0.365. The summed E-state index contributed by atoms with van der Waals surface area (Å²) in [6.07, 6.45) is 3.15. The van der Waals surface area contributed by atoms with Crippen LogP contribution in [-0.4, -0.2) is 21.7 Å².